The van der Waals surface area contributed by atoms with Crippen LogP contribution in [0.5, 0.6) is 0 Å². The maximum absolute atomic E-state index is 3.54. The van der Waals surface area contributed by atoms with Gasteiger partial charge in [0.05, 0.1) is 0 Å². The molecule has 0 amide bonds. The molecule has 108 valence electrons. The molecule has 0 aromatic heterocycles. The van der Waals surface area contributed by atoms with Crippen molar-refractivity contribution >= 4 is 0 Å². The molecule has 1 atom stereocenters. The third-order valence-corrected chi connectivity index (χ3v) is 3.93. The van der Waals surface area contributed by atoms with E-state index in [4.69, 9.17) is 0 Å². The summed E-state index contributed by atoms with van der Waals surface area (Å²) in [5, 5.41) is 3.54. The number of benzene rings is 1. The minimum atomic E-state index is 0.273. The molecule has 2 nitrogen and oxygen atoms in total. The molecule has 2 heteroatoms. The Hall–Kier alpha value is -0.860. The molecular weight excluding hydrogens is 232 g/mol. The lowest BCUT2D eigenvalue weighted by Gasteiger charge is -2.36. The molecule has 1 unspecified atom stereocenters. The van der Waals surface area contributed by atoms with Gasteiger partial charge < -0.3 is 10.2 Å². The summed E-state index contributed by atoms with van der Waals surface area (Å²) in [6, 6.07) is 9.36. The Bertz CT molecular complexity index is 367. The number of nitrogens with one attached hydrogen (secondary N) is 1. The fourth-order valence-electron chi connectivity index (χ4n) is 2.48. The highest BCUT2D eigenvalue weighted by molar-refractivity contribution is 5.21. The zero-order valence-corrected chi connectivity index (χ0v) is 13.5. The van der Waals surface area contributed by atoms with Gasteiger partial charge in [0.15, 0.2) is 0 Å². The predicted molar refractivity (Wildman–Crippen MR) is 84.4 cm³/mol. The highest BCUT2D eigenvalue weighted by Crippen LogP contribution is 2.22. The quantitative estimate of drug-likeness (QED) is 0.809. The average Bonchev–Trinajstić information content (AvgIpc) is 2.31. The van der Waals surface area contributed by atoms with Gasteiger partial charge in [-0.2, -0.15) is 0 Å². The zero-order chi connectivity index (χ0) is 14.5. The van der Waals surface area contributed by atoms with E-state index in [9.17, 15) is 0 Å². The Kier molecular flexibility index (Phi) is 6.02. The molecule has 0 spiro atoms. The van der Waals surface area contributed by atoms with E-state index >= 15 is 0 Å². The van der Waals surface area contributed by atoms with E-state index in [2.05, 4.69) is 76.1 Å². The monoisotopic (exact) mass is 262 g/mol. The third-order valence-electron chi connectivity index (χ3n) is 3.93. The van der Waals surface area contributed by atoms with Crippen molar-refractivity contribution in [2.45, 2.75) is 47.2 Å². The minimum absolute atomic E-state index is 0.273. The average molecular weight is 262 g/mol. The molecule has 0 aliphatic rings. The van der Waals surface area contributed by atoms with E-state index in [1.165, 1.54) is 11.1 Å². The van der Waals surface area contributed by atoms with Crippen molar-refractivity contribution in [1.29, 1.82) is 0 Å². The van der Waals surface area contributed by atoms with Crippen molar-refractivity contribution < 1.29 is 0 Å². The van der Waals surface area contributed by atoms with Crippen LogP contribution in [0, 0.1) is 12.3 Å². The molecule has 0 heterocycles. The van der Waals surface area contributed by atoms with Gasteiger partial charge >= 0.3 is 0 Å². The van der Waals surface area contributed by atoms with Gasteiger partial charge in [-0.25, -0.2) is 0 Å². The van der Waals surface area contributed by atoms with Gasteiger partial charge in [0.25, 0.3) is 0 Å². The first-order valence-electron chi connectivity index (χ1n) is 7.32. The summed E-state index contributed by atoms with van der Waals surface area (Å²) in [5.74, 6) is 0. The van der Waals surface area contributed by atoms with Crippen LogP contribution in [0.3, 0.4) is 0 Å². The Labute approximate surface area is 119 Å². The molecule has 0 aliphatic heterocycles. The highest BCUT2D eigenvalue weighted by Gasteiger charge is 2.26. The summed E-state index contributed by atoms with van der Waals surface area (Å²) in [6.45, 7) is 14.4. The second kappa shape index (κ2) is 7.06. The molecule has 0 aliphatic carbocycles. The second-order valence-corrected chi connectivity index (χ2v) is 6.43. The van der Waals surface area contributed by atoms with Gasteiger partial charge in [-0.05, 0) is 38.4 Å². The first-order chi connectivity index (χ1) is 8.85. The van der Waals surface area contributed by atoms with Crippen LogP contribution in [0.2, 0.25) is 0 Å². The Morgan fingerprint density at radius 1 is 1.21 bits per heavy atom. The second-order valence-electron chi connectivity index (χ2n) is 6.43. The van der Waals surface area contributed by atoms with E-state index in [-0.39, 0.29) is 5.41 Å². The van der Waals surface area contributed by atoms with E-state index < -0.39 is 0 Å². The molecule has 1 N–H and O–H groups in total. The lowest BCUT2D eigenvalue weighted by molar-refractivity contribution is 0.161. The van der Waals surface area contributed by atoms with Crippen LogP contribution in [0.25, 0.3) is 0 Å². The maximum atomic E-state index is 3.54. The van der Waals surface area contributed by atoms with Crippen LogP contribution < -0.4 is 5.32 Å². The van der Waals surface area contributed by atoms with E-state index in [1.54, 1.807) is 0 Å². The van der Waals surface area contributed by atoms with Crippen LogP contribution in [-0.2, 0) is 6.54 Å². The summed E-state index contributed by atoms with van der Waals surface area (Å²) in [7, 11) is 2.21. The predicted octanol–water partition coefficient (Wildman–Crippen LogP) is 3.45. The van der Waals surface area contributed by atoms with Crippen LogP contribution in [0.15, 0.2) is 24.3 Å². The van der Waals surface area contributed by atoms with Gasteiger partial charge in [0.2, 0.25) is 0 Å². The number of hydrogen-bond acceptors (Lipinski definition) is 2. The molecule has 1 rings (SSSR count). The Morgan fingerprint density at radius 2 is 1.79 bits per heavy atom. The fourth-order valence-corrected chi connectivity index (χ4v) is 2.48. The number of nitrogens with zero attached hydrogens (tertiary/aromatic N) is 1. The van der Waals surface area contributed by atoms with E-state index in [0.29, 0.717) is 6.04 Å². The summed E-state index contributed by atoms with van der Waals surface area (Å²) in [4.78, 5) is 2.42. The van der Waals surface area contributed by atoms with Gasteiger partial charge in [-0.1, -0.05) is 50.6 Å². The molecule has 19 heavy (non-hydrogen) atoms. The SMILES string of the molecule is CCNC(C)C(C)(C)CN(C)Cc1ccc(C)cc1. The van der Waals surface area contributed by atoms with Crippen LogP contribution in [-0.4, -0.2) is 31.1 Å². The first kappa shape index (κ1) is 16.2. The van der Waals surface area contributed by atoms with Gasteiger partial charge in [0, 0.05) is 19.1 Å². The molecule has 0 radical (unpaired) electrons. The molecular formula is C17H30N2. The number of hydrogen-bond donors (Lipinski definition) is 1. The van der Waals surface area contributed by atoms with Crippen molar-refractivity contribution in [2.24, 2.45) is 5.41 Å². The fraction of sp³-hybridized carbons (Fsp3) is 0.647. The number of aryl methyl sites for hydroxylation is 1. The third kappa shape index (κ3) is 5.33. The van der Waals surface area contributed by atoms with Crippen LogP contribution >= 0.6 is 0 Å². The first-order valence-corrected chi connectivity index (χ1v) is 7.32. The van der Waals surface area contributed by atoms with Crippen molar-refractivity contribution in [3.05, 3.63) is 35.4 Å². The Morgan fingerprint density at radius 3 is 2.32 bits per heavy atom. The summed E-state index contributed by atoms with van der Waals surface area (Å²) in [5.41, 5.74) is 2.99. The largest absolute Gasteiger partial charge is 0.314 e. The van der Waals surface area contributed by atoms with Crippen LogP contribution in [0.1, 0.15) is 38.8 Å². The van der Waals surface area contributed by atoms with E-state index in [0.717, 1.165) is 19.6 Å². The van der Waals surface area contributed by atoms with Crippen molar-refractivity contribution in [3.8, 4) is 0 Å². The lowest BCUT2D eigenvalue weighted by Crippen LogP contribution is -2.45. The number of rotatable bonds is 7. The standard InChI is InChI=1S/C17H30N2/c1-7-18-15(3)17(4,5)13-19(6)12-16-10-8-14(2)9-11-16/h8-11,15,18H,7,12-13H2,1-6H3. The molecule has 0 bridgehead atoms. The molecule has 0 fully saturated rings. The lowest BCUT2D eigenvalue weighted by atomic mass is 9.84. The topological polar surface area (TPSA) is 15.3 Å². The van der Waals surface area contributed by atoms with Crippen molar-refractivity contribution in [3.63, 3.8) is 0 Å². The minimum Gasteiger partial charge on any atom is -0.314 e. The van der Waals surface area contributed by atoms with Crippen LogP contribution in [0.4, 0.5) is 0 Å². The molecule has 0 saturated heterocycles. The smallest absolute Gasteiger partial charge is 0.0230 e. The highest BCUT2D eigenvalue weighted by atomic mass is 15.1. The van der Waals surface area contributed by atoms with Gasteiger partial charge in [0.1, 0.15) is 0 Å². The van der Waals surface area contributed by atoms with Crippen molar-refractivity contribution in [1.82, 2.24) is 10.2 Å². The molecule has 1 aromatic carbocycles. The summed E-state index contributed by atoms with van der Waals surface area (Å²) in [6.07, 6.45) is 0. The summed E-state index contributed by atoms with van der Waals surface area (Å²) >= 11 is 0. The van der Waals surface area contributed by atoms with E-state index in [1.807, 2.05) is 0 Å². The normalized spacial score (nSPS) is 13.8. The zero-order valence-electron chi connectivity index (χ0n) is 13.5. The maximum Gasteiger partial charge on any atom is 0.0230 e. The van der Waals surface area contributed by atoms with Crippen molar-refractivity contribution in [2.75, 3.05) is 20.1 Å². The van der Waals surface area contributed by atoms with Gasteiger partial charge in [-0.15, -0.1) is 0 Å². The molecule has 1 aromatic rings. The van der Waals surface area contributed by atoms with Gasteiger partial charge in [-0.3, -0.25) is 0 Å². The Balaban J connectivity index is 2.54. The molecule has 0 saturated carbocycles. The summed E-state index contributed by atoms with van der Waals surface area (Å²) < 4.78 is 0.